The fraction of sp³-hybridized carbons (Fsp3) is 0.381. The molecule has 1 aliphatic carbocycles. The molecule has 2 aliphatic heterocycles. The van der Waals surface area contributed by atoms with E-state index in [4.69, 9.17) is 0 Å². The monoisotopic (exact) mass is 374 g/mol. The predicted octanol–water partition coefficient (Wildman–Crippen LogP) is 4.24. The number of fused-ring (bicyclic) bond motifs is 1. The molecule has 142 valence electrons. The van der Waals surface area contributed by atoms with Gasteiger partial charge in [-0.15, -0.1) is 0 Å². The van der Waals surface area contributed by atoms with Gasteiger partial charge in [0.15, 0.2) is 0 Å². The SMILES string of the molecule is Cc1c(C(=O)NC(c2ccccc2)C23CC(CN2)C3)cccc1C(F)(F)F. The van der Waals surface area contributed by atoms with Gasteiger partial charge in [0.2, 0.25) is 0 Å². The lowest BCUT2D eigenvalue weighted by atomic mass is 9.67. The number of rotatable bonds is 4. The quantitative estimate of drug-likeness (QED) is 0.841. The van der Waals surface area contributed by atoms with Gasteiger partial charge in [-0.3, -0.25) is 4.79 Å². The van der Waals surface area contributed by atoms with E-state index in [-0.39, 0.29) is 22.7 Å². The Morgan fingerprint density at radius 3 is 2.44 bits per heavy atom. The third-order valence-corrected chi connectivity index (χ3v) is 5.89. The minimum Gasteiger partial charge on any atom is -0.343 e. The molecule has 2 saturated heterocycles. The summed E-state index contributed by atoms with van der Waals surface area (Å²) < 4.78 is 39.6. The molecule has 0 spiro atoms. The van der Waals surface area contributed by atoms with Gasteiger partial charge in [0.25, 0.3) is 5.91 Å². The van der Waals surface area contributed by atoms with Crippen molar-refractivity contribution in [2.75, 3.05) is 6.54 Å². The van der Waals surface area contributed by atoms with Crippen molar-refractivity contribution in [1.82, 2.24) is 10.6 Å². The molecule has 1 saturated carbocycles. The molecule has 27 heavy (non-hydrogen) atoms. The molecule has 0 radical (unpaired) electrons. The lowest BCUT2D eigenvalue weighted by Crippen LogP contribution is -2.54. The standard InChI is InChI=1S/C21H21F3N2O/c1-13-16(8-5-9-17(13)21(22,23)24)19(27)26-18(15-6-3-2-4-7-15)20-10-14(11-20)12-25-20/h2-9,14,18,25H,10-12H2,1H3,(H,26,27). The summed E-state index contributed by atoms with van der Waals surface area (Å²) >= 11 is 0. The largest absolute Gasteiger partial charge is 0.416 e. The zero-order valence-corrected chi connectivity index (χ0v) is 14.9. The summed E-state index contributed by atoms with van der Waals surface area (Å²) in [6.45, 7) is 2.27. The van der Waals surface area contributed by atoms with Crippen LogP contribution < -0.4 is 10.6 Å². The van der Waals surface area contributed by atoms with Crippen LogP contribution in [0, 0.1) is 12.8 Å². The van der Waals surface area contributed by atoms with E-state index in [0.717, 1.165) is 31.0 Å². The van der Waals surface area contributed by atoms with Gasteiger partial charge in [0, 0.05) is 11.1 Å². The van der Waals surface area contributed by atoms with Crippen LogP contribution in [-0.2, 0) is 6.18 Å². The van der Waals surface area contributed by atoms with Crippen LogP contribution >= 0.6 is 0 Å². The molecule has 3 fully saturated rings. The average molecular weight is 374 g/mol. The first kappa shape index (κ1) is 18.0. The summed E-state index contributed by atoms with van der Waals surface area (Å²) in [7, 11) is 0. The van der Waals surface area contributed by atoms with E-state index in [0.29, 0.717) is 5.92 Å². The van der Waals surface area contributed by atoms with E-state index in [2.05, 4.69) is 10.6 Å². The Kier molecular flexibility index (Phi) is 4.26. The van der Waals surface area contributed by atoms with Crippen molar-refractivity contribution in [3.63, 3.8) is 0 Å². The second-order valence-electron chi connectivity index (χ2n) is 7.60. The van der Waals surface area contributed by atoms with Crippen LogP contribution in [0.4, 0.5) is 13.2 Å². The molecule has 2 N–H and O–H groups in total. The number of nitrogens with one attached hydrogen (secondary N) is 2. The van der Waals surface area contributed by atoms with Gasteiger partial charge < -0.3 is 10.6 Å². The molecule has 0 aromatic heterocycles. The number of amides is 1. The van der Waals surface area contributed by atoms with Crippen LogP contribution in [0.5, 0.6) is 0 Å². The van der Waals surface area contributed by atoms with Gasteiger partial charge in [0.05, 0.1) is 11.6 Å². The highest BCUT2D eigenvalue weighted by atomic mass is 19.4. The highest BCUT2D eigenvalue weighted by molar-refractivity contribution is 5.96. The van der Waals surface area contributed by atoms with Crippen molar-refractivity contribution in [3.05, 3.63) is 70.8 Å². The van der Waals surface area contributed by atoms with Crippen LogP contribution in [0.3, 0.4) is 0 Å². The van der Waals surface area contributed by atoms with Crippen molar-refractivity contribution < 1.29 is 18.0 Å². The second kappa shape index (κ2) is 6.37. The molecule has 2 heterocycles. The third kappa shape index (κ3) is 3.12. The van der Waals surface area contributed by atoms with E-state index >= 15 is 0 Å². The predicted molar refractivity (Wildman–Crippen MR) is 96.3 cm³/mol. The van der Waals surface area contributed by atoms with Crippen LogP contribution in [0.1, 0.15) is 45.9 Å². The zero-order chi connectivity index (χ0) is 19.2. The van der Waals surface area contributed by atoms with Gasteiger partial charge in [-0.2, -0.15) is 13.2 Å². The van der Waals surface area contributed by atoms with Crippen molar-refractivity contribution in [2.45, 2.75) is 37.5 Å². The van der Waals surface area contributed by atoms with Gasteiger partial charge in [-0.25, -0.2) is 0 Å². The maximum absolute atomic E-state index is 13.2. The summed E-state index contributed by atoms with van der Waals surface area (Å²) in [5, 5.41) is 6.54. The fourth-order valence-electron chi connectivity index (χ4n) is 4.53. The molecule has 3 aliphatic rings. The normalized spacial score (nSPS) is 25.0. The molecule has 3 nitrogen and oxygen atoms in total. The molecule has 2 aromatic carbocycles. The zero-order valence-electron chi connectivity index (χ0n) is 14.9. The highest BCUT2D eigenvalue weighted by Crippen LogP contribution is 2.50. The fourth-order valence-corrected chi connectivity index (χ4v) is 4.53. The van der Waals surface area contributed by atoms with E-state index in [1.165, 1.54) is 19.1 Å². The molecule has 1 amide bonds. The Hall–Kier alpha value is -2.34. The number of carbonyl (C=O) groups excluding carboxylic acids is 1. The van der Waals surface area contributed by atoms with Crippen molar-refractivity contribution >= 4 is 5.91 Å². The van der Waals surface area contributed by atoms with Crippen LogP contribution in [0.15, 0.2) is 48.5 Å². The lowest BCUT2D eigenvalue weighted by Gasteiger charge is -2.44. The average Bonchev–Trinajstić information content (AvgIpc) is 3.21. The maximum Gasteiger partial charge on any atom is 0.416 e. The second-order valence-corrected chi connectivity index (χ2v) is 7.60. The molecular weight excluding hydrogens is 353 g/mol. The number of benzene rings is 2. The van der Waals surface area contributed by atoms with E-state index in [1.807, 2.05) is 30.3 Å². The Morgan fingerprint density at radius 1 is 1.15 bits per heavy atom. The van der Waals surface area contributed by atoms with Gasteiger partial charge >= 0.3 is 6.18 Å². The minimum atomic E-state index is -4.48. The minimum absolute atomic E-state index is 0.0438. The van der Waals surface area contributed by atoms with Crippen LogP contribution in [0.25, 0.3) is 0 Å². The number of alkyl halides is 3. The summed E-state index contributed by atoms with van der Waals surface area (Å²) in [4.78, 5) is 12.9. The van der Waals surface area contributed by atoms with E-state index in [9.17, 15) is 18.0 Å². The third-order valence-electron chi connectivity index (χ3n) is 5.89. The van der Waals surface area contributed by atoms with Crippen molar-refractivity contribution in [2.24, 2.45) is 5.92 Å². The molecule has 1 atom stereocenters. The van der Waals surface area contributed by atoms with Crippen molar-refractivity contribution in [1.29, 1.82) is 0 Å². The summed E-state index contributed by atoms with van der Waals surface area (Å²) in [5.41, 5.74) is 0.00123. The Labute approximate surface area is 156 Å². The van der Waals surface area contributed by atoms with Gasteiger partial charge in [-0.05, 0) is 55.5 Å². The van der Waals surface area contributed by atoms with Crippen molar-refractivity contribution in [3.8, 4) is 0 Å². The Balaban J connectivity index is 1.66. The molecule has 5 rings (SSSR count). The number of hydrogen-bond donors (Lipinski definition) is 2. The number of halogens is 3. The van der Waals surface area contributed by atoms with Gasteiger partial charge in [0.1, 0.15) is 0 Å². The van der Waals surface area contributed by atoms with Crippen LogP contribution in [0.2, 0.25) is 0 Å². The Morgan fingerprint density at radius 2 is 1.85 bits per heavy atom. The van der Waals surface area contributed by atoms with E-state index < -0.39 is 17.6 Å². The molecule has 1 unspecified atom stereocenters. The summed E-state index contributed by atoms with van der Waals surface area (Å²) in [5.74, 6) is 0.141. The summed E-state index contributed by atoms with van der Waals surface area (Å²) in [6.07, 6.45) is -2.55. The molecule has 6 heteroatoms. The topological polar surface area (TPSA) is 41.1 Å². The number of carbonyl (C=O) groups is 1. The van der Waals surface area contributed by atoms with Crippen LogP contribution in [-0.4, -0.2) is 18.0 Å². The first-order valence-electron chi connectivity index (χ1n) is 9.08. The first-order chi connectivity index (χ1) is 12.8. The van der Waals surface area contributed by atoms with E-state index in [1.54, 1.807) is 0 Å². The Bertz CT molecular complexity index is 852. The first-order valence-corrected chi connectivity index (χ1v) is 9.08. The molecular formula is C21H21F3N2O. The lowest BCUT2D eigenvalue weighted by molar-refractivity contribution is -0.138. The molecule has 2 aromatic rings. The number of hydrogen-bond acceptors (Lipinski definition) is 2. The van der Waals surface area contributed by atoms with Gasteiger partial charge in [-0.1, -0.05) is 36.4 Å². The maximum atomic E-state index is 13.2. The smallest absolute Gasteiger partial charge is 0.343 e. The molecule has 2 bridgehead atoms. The highest BCUT2D eigenvalue weighted by Gasteiger charge is 2.55. The summed E-state index contributed by atoms with van der Waals surface area (Å²) in [6, 6.07) is 13.1.